The van der Waals surface area contributed by atoms with Gasteiger partial charge in [0, 0.05) is 13.0 Å². The summed E-state index contributed by atoms with van der Waals surface area (Å²) in [6.07, 6.45) is 5.07. The summed E-state index contributed by atoms with van der Waals surface area (Å²) in [6, 6.07) is 7.77. The number of esters is 1. The molecule has 1 unspecified atom stereocenters. The number of cyclic esters (lactones) is 1. The van der Waals surface area contributed by atoms with Crippen LogP contribution in [0.5, 0.6) is 11.5 Å². The minimum atomic E-state index is -0.208. The summed E-state index contributed by atoms with van der Waals surface area (Å²) < 4.78 is 16.9. The predicted octanol–water partition coefficient (Wildman–Crippen LogP) is 2.47. The van der Waals surface area contributed by atoms with Crippen molar-refractivity contribution in [1.82, 2.24) is 10.2 Å². The molecule has 0 aromatic heterocycles. The highest BCUT2D eigenvalue weighted by Crippen LogP contribution is 2.41. The number of hydrogen-bond acceptors (Lipinski definition) is 6. The van der Waals surface area contributed by atoms with Crippen LogP contribution in [0.25, 0.3) is 0 Å². The maximum absolute atomic E-state index is 12.4. The van der Waals surface area contributed by atoms with Gasteiger partial charge in [-0.15, -0.1) is 0 Å². The molecule has 1 atom stereocenters. The summed E-state index contributed by atoms with van der Waals surface area (Å²) in [4.78, 5) is 14.9. The van der Waals surface area contributed by atoms with Gasteiger partial charge >= 0.3 is 5.97 Å². The first-order valence-electron chi connectivity index (χ1n) is 10.6. The molecule has 154 valence electrons. The molecular weight excluding hydrogens is 356 g/mol. The van der Waals surface area contributed by atoms with Crippen LogP contribution < -0.4 is 14.8 Å². The minimum absolute atomic E-state index is 0.0433. The second kappa shape index (κ2) is 8.70. The van der Waals surface area contributed by atoms with Gasteiger partial charge in [-0.05, 0) is 82.0 Å². The Balaban J connectivity index is 1.19. The lowest BCUT2D eigenvalue weighted by Gasteiger charge is -2.33. The lowest BCUT2D eigenvalue weighted by molar-refractivity contribution is -0.150. The van der Waals surface area contributed by atoms with E-state index in [-0.39, 0.29) is 17.5 Å². The third kappa shape index (κ3) is 4.44. The Hall–Kier alpha value is -1.79. The Bertz CT molecular complexity index is 649. The monoisotopic (exact) mass is 388 g/mol. The molecule has 0 amide bonds. The van der Waals surface area contributed by atoms with Crippen molar-refractivity contribution >= 4 is 5.97 Å². The molecule has 0 aliphatic carbocycles. The van der Waals surface area contributed by atoms with Crippen LogP contribution in [-0.2, 0) is 9.53 Å². The van der Waals surface area contributed by atoms with Gasteiger partial charge in [-0.1, -0.05) is 0 Å². The second-order valence-corrected chi connectivity index (χ2v) is 8.49. The minimum Gasteiger partial charge on any atom is -0.497 e. The third-order valence-corrected chi connectivity index (χ3v) is 6.60. The number of ether oxygens (including phenoxy) is 3. The second-order valence-electron chi connectivity index (χ2n) is 8.49. The fraction of sp³-hybridized carbons (Fsp3) is 0.682. The largest absolute Gasteiger partial charge is 0.497 e. The van der Waals surface area contributed by atoms with Gasteiger partial charge in [0.15, 0.2) is 0 Å². The first-order valence-corrected chi connectivity index (χ1v) is 10.6. The molecule has 0 bridgehead atoms. The van der Waals surface area contributed by atoms with Crippen molar-refractivity contribution < 1.29 is 19.0 Å². The Labute approximate surface area is 167 Å². The van der Waals surface area contributed by atoms with Gasteiger partial charge in [-0.3, -0.25) is 9.69 Å². The average molecular weight is 389 g/mol. The van der Waals surface area contributed by atoms with E-state index in [0.717, 1.165) is 82.9 Å². The number of likely N-dealkylation sites (tertiary alicyclic amines) is 1. The van der Waals surface area contributed by atoms with E-state index in [0.29, 0.717) is 5.92 Å². The Morgan fingerprint density at radius 2 is 1.82 bits per heavy atom. The lowest BCUT2D eigenvalue weighted by Crippen LogP contribution is -2.41. The quantitative estimate of drug-likeness (QED) is 0.756. The van der Waals surface area contributed by atoms with E-state index in [2.05, 4.69) is 10.2 Å². The molecule has 3 aliphatic rings. The van der Waals surface area contributed by atoms with Crippen LogP contribution in [0.3, 0.4) is 0 Å². The predicted molar refractivity (Wildman–Crippen MR) is 107 cm³/mol. The van der Waals surface area contributed by atoms with E-state index in [1.165, 1.54) is 0 Å². The van der Waals surface area contributed by atoms with Crippen molar-refractivity contribution in [1.29, 1.82) is 0 Å². The lowest BCUT2D eigenvalue weighted by atomic mass is 9.76. The molecule has 1 N–H and O–H groups in total. The molecule has 3 fully saturated rings. The zero-order valence-corrected chi connectivity index (χ0v) is 16.8. The first kappa shape index (κ1) is 19.5. The van der Waals surface area contributed by atoms with Gasteiger partial charge in [0.05, 0.1) is 19.1 Å². The number of piperidine rings is 2. The maximum Gasteiger partial charge on any atom is 0.312 e. The van der Waals surface area contributed by atoms with E-state index in [9.17, 15) is 4.79 Å². The molecule has 3 heterocycles. The molecule has 0 radical (unpaired) electrons. The zero-order valence-electron chi connectivity index (χ0n) is 16.8. The molecule has 4 rings (SSSR count). The summed E-state index contributed by atoms with van der Waals surface area (Å²) >= 11 is 0. The molecule has 6 heteroatoms. The number of benzene rings is 1. The van der Waals surface area contributed by atoms with Gasteiger partial charge in [0.25, 0.3) is 0 Å². The number of carbonyl (C=O) groups excluding carboxylic acids is 1. The van der Waals surface area contributed by atoms with Gasteiger partial charge in [-0.2, -0.15) is 0 Å². The van der Waals surface area contributed by atoms with Crippen LogP contribution >= 0.6 is 0 Å². The van der Waals surface area contributed by atoms with Crippen molar-refractivity contribution in [2.45, 2.75) is 38.2 Å². The van der Waals surface area contributed by atoms with Crippen molar-refractivity contribution in [2.75, 3.05) is 46.4 Å². The molecule has 3 saturated heterocycles. The molecule has 6 nitrogen and oxygen atoms in total. The van der Waals surface area contributed by atoms with Gasteiger partial charge < -0.3 is 19.5 Å². The molecule has 28 heavy (non-hydrogen) atoms. The topological polar surface area (TPSA) is 60.0 Å². The summed E-state index contributed by atoms with van der Waals surface area (Å²) in [5, 5.41) is 3.35. The van der Waals surface area contributed by atoms with Crippen LogP contribution in [0.2, 0.25) is 0 Å². The zero-order chi connectivity index (χ0) is 19.4. The number of nitrogens with one attached hydrogen (secondary N) is 1. The normalized spacial score (nSPS) is 25.6. The van der Waals surface area contributed by atoms with Crippen molar-refractivity contribution in [2.24, 2.45) is 11.3 Å². The Morgan fingerprint density at radius 1 is 1.14 bits per heavy atom. The van der Waals surface area contributed by atoms with Crippen molar-refractivity contribution in [3.05, 3.63) is 24.3 Å². The van der Waals surface area contributed by atoms with Gasteiger partial charge in [-0.25, -0.2) is 0 Å². The molecule has 1 aromatic carbocycles. The van der Waals surface area contributed by atoms with E-state index in [1.54, 1.807) is 7.11 Å². The van der Waals surface area contributed by atoms with Crippen LogP contribution in [0, 0.1) is 11.3 Å². The van der Waals surface area contributed by atoms with Crippen molar-refractivity contribution in [3.63, 3.8) is 0 Å². The molecule has 1 aromatic rings. The summed E-state index contributed by atoms with van der Waals surface area (Å²) in [6.45, 7) is 5.61. The van der Waals surface area contributed by atoms with Gasteiger partial charge in [0.1, 0.15) is 17.6 Å². The Morgan fingerprint density at radius 3 is 2.50 bits per heavy atom. The smallest absolute Gasteiger partial charge is 0.312 e. The average Bonchev–Trinajstić information content (AvgIpc) is 3.02. The van der Waals surface area contributed by atoms with E-state index in [4.69, 9.17) is 14.2 Å². The van der Waals surface area contributed by atoms with Crippen LogP contribution in [0.4, 0.5) is 0 Å². The SMILES string of the molecule is COc1ccc(OCC2CCN(CC3CC4(CCNCC4)C(=O)O3)CC2)cc1. The fourth-order valence-corrected chi connectivity index (χ4v) is 4.76. The van der Waals surface area contributed by atoms with Gasteiger partial charge in [0.2, 0.25) is 0 Å². The molecule has 0 saturated carbocycles. The highest BCUT2D eigenvalue weighted by molar-refractivity contribution is 5.79. The first-order chi connectivity index (χ1) is 13.7. The number of carbonyl (C=O) groups is 1. The fourth-order valence-electron chi connectivity index (χ4n) is 4.76. The van der Waals surface area contributed by atoms with E-state index >= 15 is 0 Å². The summed E-state index contributed by atoms with van der Waals surface area (Å²) in [7, 11) is 1.67. The Kier molecular flexibility index (Phi) is 6.07. The highest BCUT2D eigenvalue weighted by Gasteiger charge is 2.49. The summed E-state index contributed by atoms with van der Waals surface area (Å²) in [5.41, 5.74) is -0.208. The summed E-state index contributed by atoms with van der Waals surface area (Å²) in [5.74, 6) is 2.37. The molecule has 1 spiro atoms. The third-order valence-electron chi connectivity index (χ3n) is 6.60. The van der Waals surface area contributed by atoms with Crippen molar-refractivity contribution in [3.8, 4) is 11.5 Å². The molecular formula is C22H32N2O4. The number of hydrogen-bond donors (Lipinski definition) is 1. The standard InChI is InChI=1S/C22H32N2O4/c1-26-18-2-4-19(5-3-18)27-16-17-6-12-24(13-7-17)15-20-14-22(21(25)28-20)8-10-23-11-9-22/h2-5,17,20,23H,6-16H2,1H3. The van der Waals surface area contributed by atoms with Crippen LogP contribution in [0.15, 0.2) is 24.3 Å². The number of methoxy groups -OCH3 is 1. The van der Waals surface area contributed by atoms with E-state index < -0.39 is 0 Å². The molecule has 3 aliphatic heterocycles. The van der Waals surface area contributed by atoms with E-state index in [1.807, 2.05) is 24.3 Å². The highest BCUT2D eigenvalue weighted by atomic mass is 16.6. The number of nitrogens with zero attached hydrogens (tertiary/aromatic N) is 1. The van der Waals surface area contributed by atoms with Crippen LogP contribution in [0.1, 0.15) is 32.1 Å². The van der Waals surface area contributed by atoms with Crippen LogP contribution in [-0.4, -0.2) is 63.4 Å². The maximum atomic E-state index is 12.4. The number of rotatable bonds is 6.